The van der Waals surface area contributed by atoms with Crippen molar-refractivity contribution in [2.75, 3.05) is 44.4 Å². The molecule has 2 fully saturated rings. The fourth-order valence-corrected chi connectivity index (χ4v) is 10.5. The molecular weight excluding hydrogens is 608 g/mol. The number of fused-ring (bicyclic) bond motifs is 5. The molecule has 1 amide bonds. The van der Waals surface area contributed by atoms with Crippen molar-refractivity contribution in [3.05, 3.63) is 58.1 Å². The zero-order chi connectivity index (χ0) is 31.4. The Balaban J connectivity index is 1.31. The lowest BCUT2D eigenvalue weighted by Gasteiger charge is -2.53. The molecule has 0 radical (unpaired) electrons. The van der Waals surface area contributed by atoms with Gasteiger partial charge in [-0.1, -0.05) is 31.0 Å². The normalized spacial score (nSPS) is 37.0. The molecule has 2 spiro atoms. The summed E-state index contributed by atoms with van der Waals surface area (Å²) in [5.41, 5.74) is 3.52. The van der Waals surface area contributed by atoms with Gasteiger partial charge in [-0.3, -0.25) is 9.52 Å². The highest BCUT2D eigenvalue weighted by Gasteiger charge is 2.51. The number of amides is 1. The third-order valence-electron chi connectivity index (χ3n) is 11.7. The largest absolute Gasteiger partial charge is 0.490 e. The number of hydrogen-bond acceptors (Lipinski definition) is 6. The van der Waals surface area contributed by atoms with Gasteiger partial charge in [0.1, 0.15) is 5.75 Å². The van der Waals surface area contributed by atoms with Crippen LogP contribution >= 0.6 is 11.6 Å². The first-order chi connectivity index (χ1) is 21.6. The fraction of sp³-hybridized carbons (Fsp3) is 0.611. The van der Waals surface area contributed by atoms with Crippen LogP contribution < -0.4 is 14.4 Å². The smallest absolute Gasteiger partial charge is 0.262 e. The van der Waals surface area contributed by atoms with Gasteiger partial charge in [0.25, 0.3) is 5.91 Å². The monoisotopic (exact) mass is 654 g/mol. The number of rotatable bonds is 0. The summed E-state index contributed by atoms with van der Waals surface area (Å²) >= 11 is 6.46. The molecule has 9 heteroatoms. The average Bonchev–Trinajstić information content (AvgIpc) is 3.15. The standard InChI is InChI=1S/C36H47ClN2O5S/c1-24-6-4-15-36(23-42-16-17-44-36)31-11-8-28(31)20-39-21-35(14-5-7-26-18-29(37)10-12-30(26)35)22-43-33-13-9-27(19-32(33)39)34(40)38-45(3,41)25(24)2/h9-10,12-13,18-19,24-25,28,31H,3-8,11,14-17,20-23H2,1-2H3,(H,38,40,41)/t24-,25+,28-,31+,35-,36-,45?/m0/s1. The Bertz CT molecular complexity index is 1560. The highest BCUT2D eigenvalue weighted by Crippen LogP contribution is 2.50. The van der Waals surface area contributed by atoms with Gasteiger partial charge in [0.2, 0.25) is 0 Å². The van der Waals surface area contributed by atoms with E-state index in [1.165, 1.54) is 11.1 Å². The predicted octanol–water partition coefficient (Wildman–Crippen LogP) is 6.19. The number of ether oxygens (including phenoxy) is 3. The Morgan fingerprint density at radius 1 is 1.04 bits per heavy atom. The minimum atomic E-state index is -2.89. The van der Waals surface area contributed by atoms with Gasteiger partial charge < -0.3 is 19.1 Å². The molecule has 2 aromatic carbocycles. The molecule has 1 saturated heterocycles. The van der Waals surface area contributed by atoms with Gasteiger partial charge in [-0.25, -0.2) is 4.21 Å². The molecule has 7 rings (SSSR count). The number of anilines is 1. The van der Waals surface area contributed by atoms with Crippen LogP contribution in [0.1, 0.15) is 80.3 Å². The van der Waals surface area contributed by atoms with Crippen molar-refractivity contribution in [1.29, 1.82) is 0 Å². The number of aryl methyl sites for hydroxylation is 1. The van der Waals surface area contributed by atoms with Gasteiger partial charge >= 0.3 is 0 Å². The molecular formula is C36H47ClN2O5S. The van der Waals surface area contributed by atoms with Crippen LogP contribution in [0.3, 0.4) is 0 Å². The first-order valence-corrected chi connectivity index (χ1v) is 19.0. The molecule has 3 aliphatic heterocycles. The van der Waals surface area contributed by atoms with Gasteiger partial charge in [-0.05, 0) is 117 Å². The van der Waals surface area contributed by atoms with Crippen molar-refractivity contribution in [3.8, 4) is 5.75 Å². The molecule has 3 heterocycles. The molecule has 45 heavy (non-hydrogen) atoms. The van der Waals surface area contributed by atoms with Crippen LogP contribution in [-0.2, 0) is 31.0 Å². The van der Waals surface area contributed by atoms with E-state index in [-0.39, 0.29) is 28.1 Å². The zero-order valence-electron chi connectivity index (χ0n) is 26.7. The quantitative estimate of drug-likeness (QED) is 0.341. The lowest BCUT2D eigenvalue weighted by atomic mass is 9.62. The van der Waals surface area contributed by atoms with Crippen LogP contribution in [0.5, 0.6) is 5.75 Å². The van der Waals surface area contributed by atoms with Gasteiger partial charge in [0.15, 0.2) is 0 Å². The van der Waals surface area contributed by atoms with E-state index in [4.69, 9.17) is 25.8 Å². The van der Waals surface area contributed by atoms with E-state index >= 15 is 0 Å². The number of halogens is 1. The van der Waals surface area contributed by atoms with E-state index < -0.39 is 9.71 Å². The average molecular weight is 655 g/mol. The van der Waals surface area contributed by atoms with E-state index in [0.29, 0.717) is 43.8 Å². The Kier molecular flexibility index (Phi) is 8.41. The fourth-order valence-electron chi connectivity index (χ4n) is 8.79. The Hall–Kier alpha value is -2.26. The number of nitrogens with one attached hydrogen (secondary N) is 1. The number of carbonyl (C=O) groups is 1. The lowest BCUT2D eigenvalue weighted by molar-refractivity contribution is -0.212. The second-order valence-corrected chi connectivity index (χ2v) is 17.3. The van der Waals surface area contributed by atoms with Crippen LogP contribution in [0.2, 0.25) is 5.02 Å². The van der Waals surface area contributed by atoms with Crippen LogP contribution in [0, 0.1) is 17.8 Å². The lowest BCUT2D eigenvalue weighted by Crippen LogP contribution is -2.57. The summed E-state index contributed by atoms with van der Waals surface area (Å²) in [5.74, 6) is 5.42. The second kappa shape index (κ2) is 12.1. The summed E-state index contributed by atoms with van der Waals surface area (Å²) < 4.78 is 36.2. The summed E-state index contributed by atoms with van der Waals surface area (Å²) in [7, 11) is -2.89. The van der Waals surface area contributed by atoms with Crippen molar-refractivity contribution in [1.82, 2.24) is 4.72 Å². The Morgan fingerprint density at radius 2 is 1.91 bits per heavy atom. The van der Waals surface area contributed by atoms with Crippen molar-refractivity contribution < 1.29 is 23.2 Å². The van der Waals surface area contributed by atoms with Crippen molar-refractivity contribution in [2.45, 2.75) is 81.5 Å². The van der Waals surface area contributed by atoms with E-state index in [2.05, 4.69) is 34.5 Å². The second-order valence-electron chi connectivity index (χ2n) is 14.4. The highest BCUT2D eigenvalue weighted by atomic mass is 35.5. The van der Waals surface area contributed by atoms with E-state index in [0.717, 1.165) is 80.9 Å². The first kappa shape index (κ1) is 31.3. The highest BCUT2D eigenvalue weighted by molar-refractivity contribution is 7.99. The molecule has 1 saturated carbocycles. The van der Waals surface area contributed by atoms with E-state index in [1.807, 2.05) is 25.1 Å². The summed E-state index contributed by atoms with van der Waals surface area (Å²) in [6.45, 7) is 8.15. The maximum absolute atomic E-state index is 13.8. The third kappa shape index (κ3) is 5.79. The molecule has 7 nitrogen and oxygen atoms in total. The topological polar surface area (TPSA) is 77.1 Å². The molecule has 2 bridgehead atoms. The summed E-state index contributed by atoms with van der Waals surface area (Å²) in [4.78, 5) is 16.1. The van der Waals surface area contributed by atoms with Crippen molar-refractivity contribution in [2.24, 2.45) is 17.8 Å². The minimum absolute atomic E-state index is 0.127. The number of nitrogens with zero attached hydrogens (tertiary/aromatic N) is 1. The first-order valence-electron chi connectivity index (χ1n) is 16.8. The van der Waals surface area contributed by atoms with Gasteiger partial charge in [0.05, 0.1) is 47.4 Å². The summed E-state index contributed by atoms with van der Waals surface area (Å²) in [6.07, 6.45) is 8.12. The minimum Gasteiger partial charge on any atom is -0.490 e. The van der Waals surface area contributed by atoms with Crippen LogP contribution in [0.4, 0.5) is 5.69 Å². The van der Waals surface area contributed by atoms with Gasteiger partial charge in [0, 0.05) is 34.3 Å². The zero-order valence-corrected chi connectivity index (χ0v) is 28.2. The van der Waals surface area contributed by atoms with E-state index in [9.17, 15) is 9.00 Å². The molecule has 244 valence electrons. The Labute approximate surface area is 273 Å². The van der Waals surface area contributed by atoms with Crippen LogP contribution in [0.15, 0.2) is 36.4 Å². The Morgan fingerprint density at radius 3 is 2.69 bits per heavy atom. The number of carbonyl (C=O) groups excluding carboxylic acids is 1. The predicted molar refractivity (Wildman–Crippen MR) is 181 cm³/mol. The maximum Gasteiger partial charge on any atom is 0.262 e. The van der Waals surface area contributed by atoms with Crippen LogP contribution in [-0.4, -0.2) is 66.4 Å². The van der Waals surface area contributed by atoms with Crippen molar-refractivity contribution in [3.63, 3.8) is 0 Å². The molecule has 2 aromatic rings. The van der Waals surface area contributed by atoms with Crippen molar-refractivity contribution >= 4 is 38.8 Å². The SMILES string of the molecule is C=S1(=O)NC(=O)c2ccc3c(c2)N(C[C@@H]2CC[C@H]2[C@]2(CCC[C@H](C)[C@H]1C)COCCO2)C[C@@]1(CCCc2cc(Cl)ccc21)CO3. The molecule has 1 unspecified atom stereocenters. The molecule has 0 aromatic heterocycles. The van der Waals surface area contributed by atoms with E-state index in [1.54, 1.807) is 6.07 Å². The summed E-state index contributed by atoms with van der Waals surface area (Å²) in [6, 6.07) is 12.0. The maximum atomic E-state index is 13.8. The van der Waals surface area contributed by atoms with Crippen LogP contribution in [0.25, 0.3) is 0 Å². The molecule has 5 aliphatic rings. The van der Waals surface area contributed by atoms with Gasteiger partial charge in [-0.15, -0.1) is 0 Å². The number of benzene rings is 2. The van der Waals surface area contributed by atoms with Gasteiger partial charge in [-0.2, -0.15) is 0 Å². The molecule has 2 aliphatic carbocycles. The molecule has 7 atom stereocenters. The number of hydrogen-bond donors (Lipinski definition) is 1. The summed E-state index contributed by atoms with van der Waals surface area (Å²) in [5, 5.41) is 0.498. The third-order valence-corrected chi connectivity index (χ3v) is 14.2. The molecule has 1 N–H and O–H groups in total.